The third-order valence-corrected chi connectivity index (χ3v) is 1.57. The number of aryl methyl sites for hydroxylation is 1. The predicted molar refractivity (Wildman–Crippen MR) is 45.1 cm³/mol. The van der Waals surface area contributed by atoms with E-state index in [9.17, 15) is 4.39 Å². The van der Waals surface area contributed by atoms with Crippen LogP contribution in [-0.4, -0.2) is 7.05 Å². The Bertz CT molecular complexity index is 248. The fraction of sp³-hybridized carbons (Fsp3) is 0.250. The number of hydrogen-bond acceptors (Lipinski definition) is 2. The van der Waals surface area contributed by atoms with Gasteiger partial charge in [-0.2, -0.15) is 0 Å². The van der Waals surface area contributed by atoms with Gasteiger partial charge in [0.25, 0.3) is 0 Å². The molecule has 0 atom stereocenters. The quantitative estimate of drug-likeness (QED) is 0.605. The first-order valence-corrected chi connectivity index (χ1v) is 3.38. The highest BCUT2D eigenvalue weighted by Gasteiger charge is 2.02. The van der Waals surface area contributed by atoms with E-state index in [1.165, 1.54) is 0 Å². The second-order valence-electron chi connectivity index (χ2n) is 2.45. The van der Waals surface area contributed by atoms with Gasteiger partial charge < -0.3 is 11.1 Å². The molecule has 0 aliphatic carbocycles. The fourth-order valence-electron chi connectivity index (χ4n) is 0.941. The van der Waals surface area contributed by atoms with Crippen LogP contribution in [-0.2, 0) is 0 Å². The molecule has 3 N–H and O–H groups in total. The first kappa shape index (κ1) is 7.85. The van der Waals surface area contributed by atoms with Crippen LogP contribution in [0, 0.1) is 12.7 Å². The van der Waals surface area contributed by atoms with Crippen LogP contribution < -0.4 is 11.1 Å². The normalized spacial score (nSPS) is 9.73. The van der Waals surface area contributed by atoms with E-state index in [-0.39, 0.29) is 11.5 Å². The van der Waals surface area contributed by atoms with E-state index in [0.29, 0.717) is 5.56 Å². The van der Waals surface area contributed by atoms with Gasteiger partial charge in [0.2, 0.25) is 0 Å². The molecule has 1 aromatic carbocycles. The van der Waals surface area contributed by atoms with Crippen LogP contribution in [0.3, 0.4) is 0 Å². The maximum atomic E-state index is 12.9. The van der Waals surface area contributed by atoms with Crippen molar-refractivity contribution in [2.24, 2.45) is 0 Å². The molecule has 0 saturated carbocycles. The summed E-state index contributed by atoms with van der Waals surface area (Å²) in [6.07, 6.45) is 0. The molecule has 1 rings (SSSR count). The molecule has 0 aliphatic rings. The molecule has 3 heteroatoms. The summed E-state index contributed by atoms with van der Waals surface area (Å²) >= 11 is 0. The van der Waals surface area contributed by atoms with Crippen molar-refractivity contribution in [2.45, 2.75) is 6.92 Å². The molecule has 60 valence electrons. The molecule has 0 amide bonds. The molecule has 0 aromatic heterocycles. The average molecular weight is 154 g/mol. The molecule has 0 unspecified atom stereocenters. The Hall–Kier alpha value is -1.25. The lowest BCUT2D eigenvalue weighted by atomic mass is 10.2. The lowest BCUT2D eigenvalue weighted by Gasteiger charge is -2.04. The first-order chi connectivity index (χ1) is 5.15. The van der Waals surface area contributed by atoms with Crippen molar-refractivity contribution in [2.75, 3.05) is 18.1 Å². The Labute approximate surface area is 65.2 Å². The van der Waals surface area contributed by atoms with Crippen LogP contribution in [0.15, 0.2) is 12.1 Å². The third kappa shape index (κ3) is 1.42. The SMILES string of the molecule is CNc1cc(C)c(F)c(N)c1. The second kappa shape index (κ2) is 2.78. The summed E-state index contributed by atoms with van der Waals surface area (Å²) in [6, 6.07) is 3.29. The van der Waals surface area contributed by atoms with Gasteiger partial charge in [0, 0.05) is 12.7 Å². The highest BCUT2D eigenvalue weighted by molar-refractivity contribution is 5.57. The van der Waals surface area contributed by atoms with E-state index >= 15 is 0 Å². The maximum Gasteiger partial charge on any atom is 0.149 e. The second-order valence-corrected chi connectivity index (χ2v) is 2.45. The summed E-state index contributed by atoms with van der Waals surface area (Å²) in [5.74, 6) is -0.330. The van der Waals surface area contributed by atoms with E-state index in [2.05, 4.69) is 5.32 Å². The molecule has 0 fully saturated rings. The average Bonchev–Trinajstić information content (AvgIpc) is 1.99. The van der Waals surface area contributed by atoms with E-state index in [1.807, 2.05) is 0 Å². The molecule has 0 bridgehead atoms. The largest absolute Gasteiger partial charge is 0.396 e. The van der Waals surface area contributed by atoms with Crippen molar-refractivity contribution < 1.29 is 4.39 Å². The number of halogens is 1. The van der Waals surface area contributed by atoms with Crippen LogP contribution in [0.25, 0.3) is 0 Å². The standard InChI is InChI=1S/C8H11FN2/c1-5-3-6(11-2)4-7(10)8(5)9/h3-4,11H,10H2,1-2H3. The minimum Gasteiger partial charge on any atom is -0.396 e. The highest BCUT2D eigenvalue weighted by atomic mass is 19.1. The minimum atomic E-state index is -0.330. The number of nitrogen functional groups attached to an aromatic ring is 1. The Morgan fingerprint density at radius 3 is 2.55 bits per heavy atom. The van der Waals surface area contributed by atoms with Crippen molar-refractivity contribution in [3.05, 3.63) is 23.5 Å². The molecule has 0 spiro atoms. The zero-order valence-electron chi connectivity index (χ0n) is 6.61. The highest BCUT2D eigenvalue weighted by Crippen LogP contribution is 2.19. The molecule has 11 heavy (non-hydrogen) atoms. The number of nitrogens with two attached hydrogens (primary N) is 1. The summed E-state index contributed by atoms with van der Waals surface area (Å²) in [5.41, 5.74) is 6.97. The van der Waals surface area contributed by atoms with Gasteiger partial charge in [0.05, 0.1) is 5.69 Å². The van der Waals surface area contributed by atoms with Gasteiger partial charge in [-0.05, 0) is 24.6 Å². The zero-order valence-corrected chi connectivity index (χ0v) is 6.61. The van der Waals surface area contributed by atoms with Crippen molar-refractivity contribution in [1.29, 1.82) is 0 Å². The number of nitrogens with one attached hydrogen (secondary N) is 1. The predicted octanol–water partition coefficient (Wildman–Crippen LogP) is 1.76. The number of hydrogen-bond donors (Lipinski definition) is 2. The van der Waals surface area contributed by atoms with Gasteiger partial charge in [-0.15, -0.1) is 0 Å². The van der Waals surface area contributed by atoms with Crippen molar-refractivity contribution in [1.82, 2.24) is 0 Å². The third-order valence-electron chi connectivity index (χ3n) is 1.57. The molecule has 0 radical (unpaired) electrons. The van der Waals surface area contributed by atoms with Gasteiger partial charge in [-0.3, -0.25) is 0 Å². The van der Waals surface area contributed by atoms with Crippen LogP contribution in [0.5, 0.6) is 0 Å². The monoisotopic (exact) mass is 154 g/mol. The molecule has 0 aliphatic heterocycles. The van der Waals surface area contributed by atoms with E-state index in [0.717, 1.165) is 5.69 Å². The maximum absolute atomic E-state index is 12.9. The Morgan fingerprint density at radius 2 is 2.09 bits per heavy atom. The smallest absolute Gasteiger partial charge is 0.149 e. The Morgan fingerprint density at radius 1 is 1.45 bits per heavy atom. The van der Waals surface area contributed by atoms with Gasteiger partial charge in [0.15, 0.2) is 0 Å². The molecule has 0 saturated heterocycles. The van der Waals surface area contributed by atoms with Gasteiger partial charge in [0.1, 0.15) is 5.82 Å². The van der Waals surface area contributed by atoms with E-state index < -0.39 is 0 Å². The van der Waals surface area contributed by atoms with Gasteiger partial charge >= 0.3 is 0 Å². The summed E-state index contributed by atoms with van der Waals surface area (Å²) in [5, 5.41) is 2.89. The first-order valence-electron chi connectivity index (χ1n) is 3.38. The number of benzene rings is 1. The van der Waals surface area contributed by atoms with Crippen molar-refractivity contribution >= 4 is 11.4 Å². The Balaban J connectivity index is 3.21. The fourth-order valence-corrected chi connectivity index (χ4v) is 0.941. The van der Waals surface area contributed by atoms with Crippen LogP contribution >= 0.6 is 0 Å². The van der Waals surface area contributed by atoms with Gasteiger partial charge in [-0.25, -0.2) is 4.39 Å². The molecule has 0 heterocycles. The topological polar surface area (TPSA) is 38.0 Å². The molecular weight excluding hydrogens is 143 g/mol. The summed E-state index contributed by atoms with van der Waals surface area (Å²) < 4.78 is 12.9. The van der Waals surface area contributed by atoms with Crippen molar-refractivity contribution in [3.63, 3.8) is 0 Å². The van der Waals surface area contributed by atoms with Crippen LogP contribution in [0.4, 0.5) is 15.8 Å². The van der Waals surface area contributed by atoms with Crippen LogP contribution in [0.2, 0.25) is 0 Å². The Kier molecular flexibility index (Phi) is 1.98. The minimum absolute atomic E-state index is 0.189. The molecular formula is C8H11FN2. The summed E-state index contributed by atoms with van der Waals surface area (Å²) in [6.45, 7) is 1.69. The summed E-state index contributed by atoms with van der Waals surface area (Å²) in [7, 11) is 1.77. The zero-order chi connectivity index (χ0) is 8.43. The summed E-state index contributed by atoms with van der Waals surface area (Å²) in [4.78, 5) is 0. The number of anilines is 2. The number of rotatable bonds is 1. The molecule has 2 nitrogen and oxygen atoms in total. The lowest BCUT2D eigenvalue weighted by Crippen LogP contribution is -1.96. The van der Waals surface area contributed by atoms with Gasteiger partial charge in [-0.1, -0.05) is 0 Å². The lowest BCUT2D eigenvalue weighted by molar-refractivity contribution is 0.623. The van der Waals surface area contributed by atoms with E-state index in [4.69, 9.17) is 5.73 Å². The van der Waals surface area contributed by atoms with Crippen molar-refractivity contribution in [3.8, 4) is 0 Å². The van der Waals surface area contributed by atoms with Crippen LogP contribution in [0.1, 0.15) is 5.56 Å². The van der Waals surface area contributed by atoms with E-state index in [1.54, 1.807) is 26.1 Å². The molecule has 1 aromatic rings.